The Kier molecular flexibility index (Phi) is 11.4. The van der Waals surface area contributed by atoms with Crippen molar-refractivity contribution < 1.29 is 24.2 Å². The number of nitrogens with one attached hydrogen (secondary N) is 1. The minimum Gasteiger partial charge on any atom is -0.549 e. The van der Waals surface area contributed by atoms with Crippen molar-refractivity contribution in [2.75, 3.05) is 69.9 Å². The second-order valence-corrected chi connectivity index (χ2v) is 14.2. The fourth-order valence-corrected chi connectivity index (χ4v) is 7.25. The first-order chi connectivity index (χ1) is 23.8. The van der Waals surface area contributed by atoms with E-state index < -0.39 is 11.9 Å². The Labute approximate surface area is 295 Å². The molecule has 0 saturated carbocycles. The minimum atomic E-state index is -1.21. The smallest absolute Gasteiger partial charge is 0.251 e. The molecule has 5 aliphatic rings. The van der Waals surface area contributed by atoms with E-state index in [2.05, 4.69) is 59.3 Å². The summed E-state index contributed by atoms with van der Waals surface area (Å²) in [5.41, 5.74) is 7.75. The SMILES string of the molecule is CC1(C)C2=C([C+]=CC(N3CCC3)=C2)C(=C2C=C(C(=O)NCCOCCOCCCCCCCl)C=CC2C(=O)[O-])c2ccc(N3CCC3)cc21. The molecular weight excluding hydrogens is 638 g/mol. The zero-order valence-corrected chi connectivity index (χ0v) is 29.6. The van der Waals surface area contributed by atoms with Gasteiger partial charge in [0.1, 0.15) is 5.70 Å². The summed E-state index contributed by atoms with van der Waals surface area (Å²) in [6.45, 7) is 10.9. The van der Waals surface area contributed by atoms with Gasteiger partial charge >= 0.3 is 0 Å². The molecule has 260 valence electrons. The molecule has 0 radical (unpaired) electrons. The molecule has 3 aliphatic carbocycles. The number of halogens is 1. The molecule has 1 atom stereocenters. The van der Waals surface area contributed by atoms with Crippen LogP contribution < -0.4 is 15.3 Å². The molecule has 9 heteroatoms. The molecule has 0 aromatic heterocycles. The lowest BCUT2D eigenvalue weighted by molar-refractivity contribution is -0.308. The minimum absolute atomic E-state index is 0.287. The number of allylic oxidation sites excluding steroid dienone is 7. The van der Waals surface area contributed by atoms with Crippen LogP contribution in [0.2, 0.25) is 0 Å². The number of alkyl halides is 1. The van der Waals surface area contributed by atoms with Gasteiger partial charge < -0.3 is 34.5 Å². The summed E-state index contributed by atoms with van der Waals surface area (Å²) >= 11 is 5.71. The normalized spacial score (nSPS) is 22.0. The number of aliphatic carboxylic acids is 1. The van der Waals surface area contributed by atoms with E-state index in [-0.39, 0.29) is 11.3 Å². The van der Waals surface area contributed by atoms with Gasteiger partial charge in [-0.25, -0.2) is 0 Å². The quantitative estimate of drug-likeness (QED) is 0.149. The molecular formula is C40H48ClN3O5. The summed E-state index contributed by atoms with van der Waals surface area (Å²) in [5.74, 6) is -1.80. The number of amides is 1. The maximum absolute atomic E-state index is 13.4. The monoisotopic (exact) mass is 685 g/mol. The van der Waals surface area contributed by atoms with Crippen molar-refractivity contribution in [3.63, 3.8) is 0 Å². The molecule has 2 heterocycles. The number of carbonyl (C=O) groups excluding carboxylic acids is 2. The van der Waals surface area contributed by atoms with E-state index in [1.54, 1.807) is 18.2 Å². The van der Waals surface area contributed by atoms with Gasteiger partial charge in [0.05, 0.1) is 60.4 Å². The number of anilines is 1. The summed E-state index contributed by atoms with van der Waals surface area (Å²) in [6, 6.07) is 6.52. The molecule has 8 nitrogen and oxygen atoms in total. The number of carboxylic acids is 1. The molecule has 49 heavy (non-hydrogen) atoms. The highest BCUT2D eigenvalue weighted by Crippen LogP contribution is 2.52. The van der Waals surface area contributed by atoms with Crippen molar-refractivity contribution in [2.45, 2.75) is 57.8 Å². The van der Waals surface area contributed by atoms with E-state index in [1.807, 2.05) is 6.08 Å². The van der Waals surface area contributed by atoms with Crippen LogP contribution in [0.5, 0.6) is 0 Å². The van der Waals surface area contributed by atoms with Gasteiger partial charge in [-0.3, -0.25) is 4.79 Å². The van der Waals surface area contributed by atoms with E-state index in [1.165, 1.54) is 18.5 Å². The number of benzene rings is 1. The van der Waals surface area contributed by atoms with Crippen LogP contribution in [-0.2, 0) is 24.5 Å². The van der Waals surface area contributed by atoms with Gasteiger partial charge in [0, 0.05) is 73.7 Å². The first-order valence-corrected chi connectivity index (χ1v) is 18.4. The van der Waals surface area contributed by atoms with Gasteiger partial charge in [-0.15, -0.1) is 11.6 Å². The number of unbranched alkanes of at least 4 members (excludes halogenated alkanes) is 3. The van der Waals surface area contributed by atoms with Crippen molar-refractivity contribution in [1.82, 2.24) is 10.2 Å². The topological polar surface area (TPSA) is 94.2 Å². The van der Waals surface area contributed by atoms with Gasteiger partial charge in [-0.1, -0.05) is 25.0 Å². The second kappa shape index (κ2) is 15.9. The first kappa shape index (κ1) is 35.2. The van der Waals surface area contributed by atoms with E-state index in [0.717, 1.165) is 85.4 Å². The number of nitrogens with zero attached hydrogens (tertiary/aromatic N) is 2. The maximum Gasteiger partial charge on any atom is 0.251 e. The fraction of sp³-hybridized carbons (Fsp3) is 0.500. The van der Waals surface area contributed by atoms with Crippen molar-refractivity contribution >= 4 is 34.7 Å². The lowest BCUT2D eigenvalue weighted by Gasteiger charge is -2.38. The molecule has 1 unspecified atom stereocenters. The Bertz CT molecular complexity index is 1610. The summed E-state index contributed by atoms with van der Waals surface area (Å²) in [5, 5.41) is 15.6. The average Bonchev–Trinajstić information content (AvgIpc) is 3.04. The van der Waals surface area contributed by atoms with E-state index in [0.29, 0.717) is 50.0 Å². The third kappa shape index (κ3) is 7.73. The number of hydrogen-bond donors (Lipinski definition) is 1. The molecule has 0 bridgehead atoms. The molecule has 2 saturated heterocycles. The highest BCUT2D eigenvalue weighted by molar-refractivity contribution is 6.17. The number of carboxylic acid groups (broad SMARTS) is 1. The number of hydrogen-bond acceptors (Lipinski definition) is 7. The van der Waals surface area contributed by atoms with Gasteiger partial charge in [0.2, 0.25) is 0 Å². The Morgan fingerprint density at radius 3 is 2.41 bits per heavy atom. The number of ether oxygens (including phenoxy) is 2. The van der Waals surface area contributed by atoms with Crippen molar-refractivity contribution in [3.05, 3.63) is 93.8 Å². The van der Waals surface area contributed by atoms with Crippen LogP contribution in [-0.4, -0.2) is 81.8 Å². The predicted octanol–water partition coefficient (Wildman–Crippen LogP) is 5.01. The van der Waals surface area contributed by atoms with Crippen molar-refractivity contribution in [2.24, 2.45) is 5.92 Å². The third-order valence-corrected chi connectivity index (χ3v) is 10.5. The van der Waals surface area contributed by atoms with Crippen LogP contribution in [0, 0.1) is 12.0 Å². The molecule has 2 fully saturated rings. The average molecular weight is 686 g/mol. The molecule has 1 aromatic rings. The lowest BCUT2D eigenvalue weighted by atomic mass is 9.64. The highest BCUT2D eigenvalue weighted by Gasteiger charge is 2.45. The number of likely N-dealkylation sites (tertiary alicyclic amines) is 1. The molecule has 1 aromatic carbocycles. The van der Waals surface area contributed by atoms with Crippen LogP contribution in [0.3, 0.4) is 0 Å². The third-order valence-electron chi connectivity index (χ3n) is 10.2. The highest BCUT2D eigenvalue weighted by atomic mass is 35.5. The van der Waals surface area contributed by atoms with Gasteiger partial charge in [-0.05, 0) is 69.4 Å². The lowest BCUT2D eigenvalue weighted by Crippen LogP contribution is -2.38. The summed E-state index contributed by atoms with van der Waals surface area (Å²) in [7, 11) is 0. The zero-order chi connectivity index (χ0) is 34.4. The fourth-order valence-electron chi connectivity index (χ4n) is 7.06. The number of fused-ring (bicyclic) bond motifs is 1. The standard InChI is InChI=1S/C40H48ClN3O5/c1-40(2)35-26-29(43-17-7-18-43)10-13-32(35)37(33-14-11-30(27-36(33)40)44-19-8-20-44)34-25-28(9-12-31(34)39(46)47)38(45)42-16-22-49-24-23-48-21-6-4-3-5-15-41/h9-13,25-27,31H,3-8,15-24H2,1-2H3,(H-,42,45,46,47). The maximum atomic E-state index is 13.4. The Morgan fingerprint density at radius 2 is 1.71 bits per heavy atom. The van der Waals surface area contributed by atoms with Crippen LogP contribution in [0.1, 0.15) is 63.5 Å². The predicted molar refractivity (Wildman–Crippen MR) is 192 cm³/mol. The van der Waals surface area contributed by atoms with Gasteiger partial charge in [0.25, 0.3) is 5.91 Å². The van der Waals surface area contributed by atoms with Crippen molar-refractivity contribution in [1.29, 1.82) is 0 Å². The second-order valence-electron chi connectivity index (χ2n) is 13.9. The Morgan fingerprint density at radius 1 is 0.980 bits per heavy atom. The van der Waals surface area contributed by atoms with E-state index >= 15 is 0 Å². The summed E-state index contributed by atoms with van der Waals surface area (Å²) in [6.07, 6.45) is 19.4. The van der Waals surface area contributed by atoms with Crippen LogP contribution in [0.4, 0.5) is 5.69 Å². The number of carbonyl (C=O) groups is 2. The van der Waals surface area contributed by atoms with Gasteiger partial charge in [0.15, 0.2) is 5.57 Å². The Hall–Kier alpha value is -3.68. The number of rotatable bonds is 16. The summed E-state index contributed by atoms with van der Waals surface area (Å²) in [4.78, 5) is 30.7. The molecule has 1 amide bonds. The Balaban J connectivity index is 1.23. The van der Waals surface area contributed by atoms with E-state index in [4.69, 9.17) is 21.1 Å². The molecule has 6 rings (SSSR count). The van der Waals surface area contributed by atoms with Crippen LogP contribution in [0.15, 0.2) is 76.6 Å². The molecule has 0 spiro atoms. The van der Waals surface area contributed by atoms with Crippen LogP contribution >= 0.6 is 11.6 Å². The van der Waals surface area contributed by atoms with Crippen LogP contribution in [0.25, 0.3) is 5.57 Å². The zero-order valence-electron chi connectivity index (χ0n) is 28.8. The van der Waals surface area contributed by atoms with E-state index in [9.17, 15) is 14.7 Å². The summed E-state index contributed by atoms with van der Waals surface area (Å²) < 4.78 is 11.3. The van der Waals surface area contributed by atoms with Gasteiger partial charge in [-0.2, -0.15) is 0 Å². The largest absolute Gasteiger partial charge is 0.549 e. The molecule has 2 aliphatic heterocycles. The molecule has 1 N–H and O–H groups in total. The van der Waals surface area contributed by atoms with Crippen molar-refractivity contribution in [3.8, 4) is 0 Å². The first-order valence-electron chi connectivity index (χ1n) is 17.9.